The van der Waals surface area contributed by atoms with Gasteiger partial charge in [-0.1, -0.05) is 11.6 Å². The van der Waals surface area contributed by atoms with Gasteiger partial charge in [0.25, 0.3) is 5.56 Å². The number of nitrogens with zero attached hydrogens (tertiary/aromatic N) is 1. The van der Waals surface area contributed by atoms with Gasteiger partial charge in [-0.05, 0) is 49.4 Å². The van der Waals surface area contributed by atoms with E-state index in [1.54, 1.807) is 11.3 Å². The smallest absolute Gasteiger partial charge is 0.259 e. The van der Waals surface area contributed by atoms with Crippen molar-refractivity contribution in [2.45, 2.75) is 37.9 Å². The van der Waals surface area contributed by atoms with Gasteiger partial charge in [-0.25, -0.2) is 9.37 Å². The molecule has 0 saturated heterocycles. The Morgan fingerprint density at radius 2 is 2.17 bits per heavy atom. The van der Waals surface area contributed by atoms with Crippen LogP contribution in [0.1, 0.15) is 35.5 Å². The van der Waals surface area contributed by atoms with Gasteiger partial charge in [-0.15, -0.1) is 11.3 Å². The number of thiophene rings is 1. The first-order chi connectivity index (χ1) is 14.0. The van der Waals surface area contributed by atoms with Crippen LogP contribution in [0.5, 0.6) is 0 Å². The zero-order valence-corrected chi connectivity index (χ0v) is 17.9. The van der Waals surface area contributed by atoms with E-state index in [4.69, 9.17) is 11.6 Å². The number of hydrogen-bond acceptors (Lipinski definition) is 5. The highest BCUT2D eigenvalue weighted by molar-refractivity contribution is 7.98. The van der Waals surface area contributed by atoms with Crippen molar-refractivity contribution in [3.05, 3.63) is 55.7 Å². The molecule has 2 aromatic heterocycles. The monoisotopic (exact) mass is 451 g/mol. The van der Waals surface area contributed by atoms with E-state index < -0.39 is 5.82 Å². The number of rotatable bonds is 6. The second-order valence-corrected chi connectivity index (χ2v) is 9.48. The Kier molecular flexibility index (Phi) is 6.22. The molecule has 2 N–H and O–H groups in total. The molecule has 0 saturated carbocycles. The number of nitrogens with one attached hydrogen (secondary N) is 2. The quantitative estimate of drug-likeness (QED) is 0.522. The molecule has 2 heterocycles. The minimum atomic E-state index is -0.523. The summed E-state index contributed by atoms with van der Waals surface area (Å²) in [6.07, 6.45) is 4.59. The number of thioether (sulfide) groups is 1. The fourth-order valence-electron chi connectivity index (χ4n) is 3.41. The zero-order valence-electron chi connectivity index (χ0n) is 15.5. The van der Waals surface area contributed by atoms with Crippen LogP contribution >= 0.6 is 34.7 Å². The molecule has 1 aromatic carbocycles. The predicted octanol–water partition coefficient (Wildman–Crippen LogP) is 4.92. The molecule has 0 radical (unpaired) electrons. The number of aromatic amines is 1. The van der Waals surface area contributed by atoms with E-state index in [0.717, 1.165) is 29.5 Å². The van der Waals surface area contributed by atoms with Crippen LogP contribution in [-0.2, 0) is 23.4 Å². The molecule has 1 aliphatic carbocycles. The summed E-state index contributed by atoms with van der Waals surface area (Å²) < 4.78 is 13.2. The Morgan fingerprint density at radius 1 is 1.34 bits per heavy atom. The van der Waals surface area contributed by atoms with Crippen LogP contribution < -0.4 is 10.9 Å². The average Bonchev–Trinajstić information content (AvgIpc) is 3.07. The summed E-state index contributed by atoms with van der Waals surface area (Å²) in [6, 6.07) is 4.07. The highest BCUT2D eigenvalue weighted by Gasteiger charge is 2.19. The van der Waals surface area contributed by atoms with E-state index in [1.807, 2.05) is 0 Å². The molecule has 1 aliphatic rings. The van der Waals surface area contributed by atoms with Crippen LogP contribution in [0.2, 0.25) is 5.02 Å². The van der Waals surface area contributed by atoms with E-state index in [2.05, 4.69) is 15.3 Å². The molecule has 0 aliphatic heterocycles. The number of halogens is 2. The molecule has 152 valence electrons. The normalized spacial score (nSPS) is 13.4. The second kappa shape index (κ2) is 8.85. The van der Waals surface area contributed by atoms with E-state index in [1.165, 1.54) is 46.8 Å². The van der Waals surface area contributed by atoms with Crippen molar-refractivity contribution in [1.82, 2.24) is 9.97 Å². The fourth-order valence-corrected chi connectivity index (χ4v) is 5.67. The van der Waals surface area contributed by atoms with Gasteiger partial charge in [-0.3, -0.25) is 9.59 Å². The van der Waals surface area contributed by atoms with E-state index in [-0.39, 0.29) is 16.5 Å². The number of hydrogen-bond donors (Lipinski definition) is 2. The largest absolute Gasteiger partial charge is 0.326 e. The summed E-state index contributed by atoms with van der Waals surface area (Å²) >= 11 is 8.88. The molecular weight excluding hydrogens is 433 g/mol. The van der Waals surface area contributed by atoms with Gasteiger partial charge in [0.05, 0.1) is 16.2 Å². The molecule has 29 heavy (non-hydrogen) atoms. The topological polar surface area (TPSA) is 74.8 Å². The van der Waals surface area contributed by atoms with Crippen LogP contribution in [0.3, 0.4) is 0 Å². The Hall–Kier alpha value is -1.90. The maximum absolute atomic E-state index is 13.2. The number of fused-ring (bicyclic) bond motifs is 3. The molecule has 0 bridgehead atoms. The molecular formula is C20H19ClFN3O2S2. The van der Waals surface area contributed by atoms with Crippen LogP contribution in [0.25, 0.3) is 10.2 Å². The molecule has 1 amide bonds. The molecule has 0 spiro atoms. The zero-order chi connectivity index (χ0) is 20.4. The van der Waals surface area contributed by atoms with Crippen molar-refractivity contribution < 1.29 is 9.18 Å². The Balaban J connectivity index is 1.32. The molecule has 5 nitrogen and oxygen atoms in total. The van der Waals surface area contributed by atoms with Gasteiger partial charge in [0, 0.05) is 22.7 Å². The van der Waals surface area contributed by atoms with Crippen LogP contribution in [-0.4, -0.2) is 21.6 Å². The number of benzene rings is 1. The van der Waals surface area contributed by atoms with E-state index in [9.17, 15) is 14.0 Å². The Bertz CT molecular complexity index is 1130. The molecule has 0 unspecified atom stereocenters. The van der Waals surface area contributed by atoms with Crippen molar-refractivity contribution in [2.75, 3.05) is 11.1 Å². The second-order valence-electron chi connectivity index (χ2n) is 6.88. The fraction of sp³-hybridized carbons (Fsp3) is 0.350. The van der Waals surface area contributed by atoms with E-state index >= 15 is 0 Å². The van der Waals surface area contributed by atoms with Crippen LogP contribution in [0.15, 0.2) is 23.0 Å². The number of anilines is 1. The van der Waals surface area contributed by atoms with Crippen molar-refractivity contribution in [3.8, 4) is 0 Å². The maximum atomic E-state index is 13.2. The summed E-state index contributed by atoms with van der Waals surface area (Å²) in [6.45, 7) is 0. The third kappa shape index (κ3) is 4.65. The number of aryl methyl sites for hydroxylation is 2. The highest BCUT2D eigenvalue weighted by atomic mass is 35.5. The summed E-state index contributed by atoms with van der Waals surface area (Å²) in [7, 11) is 0. The van der Waals surface area contributed by atoms with Gasteiger partial charge in [0.2, 0.25) is 5.91 Å². The first-order valence-electron chi connectivity index (χ1n) is 9.37. The Labute approximate surface area is 180 Å². The van der Waals surface area contributed by atoms with Crippen molar-refractivity contribution in [2.24, 2.45) is 0 Å². The number of carbonyl (C=O) groups excluding carboxylic acids is 1. The lowest BCUT2D eigenvalue weighted by Crippen LogP contribution is -2.13. The summed E-state index contributed by atoms with van der Waals surface area (Å²) in [5.74, 6) is 1.04. The standard InChI is InChI=1S/C20H19ClFN3O2S2/c21-13-9-11(5-6-14(13)22)23-17(26)7-8-28-10-16-24-19(27)18-12-3-1-2-4-15(12)29-20(18)25-16/h5-6,9H,1-4,7-8,10H2,(H,23,26)(H,24,25,27). The molecule has 0 atom stereocenters. The van der Waals surface area contributed by atoms with Gasteiger partial charge in [-0.2, -0.15) is 11.8 Å². The molecule has 0 fully saturated rings. The van der Waals surface area contributed by atoms with Gasteiger partial charge in [0.15, 0.2) is 0 Å². The van der Waals surface area contributed by atoms with E-state index in [0.29, 0.717) is 29.4 Å². The predicted molar refractivity (Wildman–Crippen MR) is 118 cm³/mol. The minimum Gasteiger partial charge on any atom is -0.326 e. The third-order valence-electron chi connectivity index (χ3n) is 4.79. The first-order valence-corrected chi connectivity index (χ1v) is 11.7. The van der Waals surface area contributed by atoms with Crippen molar-refractivity contribution in [3.63, 3.8) is 0 Å². The highest BCUT2D eigenvalue weighted by Crippen LogP contribution is 2.33. The number of amides is 1. The number of carbonyl (C=O) groups is 1. The third-order valence-corrected chi connectivity index (χ3v) is 7.24. The SMILES string of the molecule is O=C(CCSCc1nc2sc3c(c2c(=O)[nH]1)CCCC3)Nc1ccc(F)c(Cl)c1. The van der Waals surface area contributed by atoms with Crippen LogP contribution in [0, 0.1) is 5.82 Å². The lowest BCUT2D eigenvalue weighted by atomic mass is 9.97. The van der Waals surface area contributed by atoms with Gasteiger partial charge < -0.3 is 10.3 Å². The lowest BCUT2D eigenvalue weighted by Gasteiger charge is -2.09. The Morgan fingerprint density at radius 3 is 3.00 bits per heavy atom. The number of H-pyrrole nitrogens is 1. The molecule has 4 rings (SSSR count). The lowest BCUT2D eigenvalue weighted by molar-refractivity contribution is -0.115. The summed E-state index contributed by atoms with van der Waals surface area (Å²) in [5, 5.41) is 3.42. The number of aromatic nitrogens is 2. The van der Waals surface area contributed by atoms with Crippen molar-refractivity contribution in [1.29, 1.82) is 0 Å². The molecule has 9 heteroatoms. The van der Waals surface area contributed by atoms with Crippen molar-refractivity contribution >= 4 is 56.5 Å². The molecule has 3 aromatic rings. The first kappa shape index (κ1) is 20.4. The minimum absolute atomic E-state index is 0.0298. The summed E-state index contributed by atoms with van der Waals surface area (Å²) in [4.78, 5) is 34.2. The average molecular weight is 452 g/mol. The summed E-state index contributed by atoms with van der Waals surface area (Å²) in [5.41, 5.74) is 1.59. The van der Waals surface area contributed by atoms with Gasteiger partial charge in [0.1, 0.15) is 16.5 Å². The van der Waals surface area contributed by atoms with Crippen LogP contribution in [0.4, 0.5) is 10.1 Å². The van der Waals surface area contributed by atoms with Gasteiger partial charge >= 0.3 is 0 Å². The maximum Gasteiger partial charge on any atom is 0.259 e.